The van der Waals surface area contributed by atoms with E-state index >= 15 is 0 Å². The van der Waals surface area contributed by atoms with E-state index in [1.54, 1.807) is 13.0 Å². The number of hydrogen-bond acceptors (Lipinski definition) is 2. The van der Waals surface area contributed by atoms with Gasteiger partial charge in [-0.25, -0.2) is 0 Å². The van der Waals surface area contributed by atoms with E-state index in [0.717, 1.165) is 12.8 Å². The van der Waals surface area contributed by atoms with E-state index in [9.17, 15) is 9.90 Å². The van der Waals surface area contributed by atoms with Gasteiger partial charge in [0, 0.05) is 0 Å². The van der Waals surface area contributed by atoms with Gasteiger partial charge < -0.3 is 5.11 Å². The molecule has 2 heteroatoms. The highest BCUT2D eigenvalue weighted by Gasteiger charge is 2.35. The van der Waals surface area contributed by atoms with E-state index in [2.05, 4.69) is 20.8 Å². The van der Waals surface area contributed by atoms with Crippen molar-refractivity contribution in [3.63, 3.8) is 0 Å². The Hall–Kier alpha value is -0.890. The topological polar surface area (TPSA) is 37.3 Å². The lowest BCUT2D eigenvalue weighted by atomic mass is 9.66. The van der Waals surface area contributed by atoms with Gasteiger partial charge in [0.2, 0.25) is 0 Å². The lowest BCUT2D eigenvalue weighted by Gasteiger charge is -2.40. The summed E-state index contributed by atoms with van der Waals surface area (Å²) in [5.41, 5.74) is 1.33. The normalized spacial score (nSPS) is 29.2. The van der Waals surface area contributed by atoms with E-state index < -0.39 is 0 Å². The first-order valence-electron chi connectivity index (χ1n) is 5.86. The van der Waals surface area contributed by atoms with Crippen molar-refractivity contribution in [3.8, 4) is 0 Å². The molecular formula is C14H22O2. The van der Waals surface area contributed by atoms with Crippen LogP contribution >= 0.6 is 0 Å². The van der Waals surface area contributed by atoms with E-state index in [1.165, 1.54) is 5.57 Å². The lowest BCUT2D eigenvalue weighted by molar-refractivity contribution is -0.112. The van der Waals surface area contributed by atoms with E-state index in [1.807, 2.05) is 12.2 Å². The third-order valence-corrected chi connectivity index (χ3v) is 3.41. The van der Waals surface area contributed by atoms with Crippen LogP contribution in [-0.2, 0) is 4.79 Å². The first-order chi connectivity index (χ1) is 7.33. The molecule has 1 rings (SSSR count). The summed E-state index contributed by atoms with van der Waals surface area (Å²) in [5, 5.41) is 9.70. The maximum absolute atomic E-state index is 10.8. The van der Waals surface area contributed by atoms with Crippen LogP contribution in [0.3, 0.4) is 0 Å². The van der Waals surface area contributed by atoms with E-state index in [-0.39, 0.29) is 17.3 Å². The highest BCUT2D eigenvalue weighted by Crippen LogP contribution is 2.42. The summed E-state index contributed by atoms with van der Waals surface area (Å²) in [6.45, 7) is 7.99. The van der Waals surface area contributed by atoms with Gasteiger partial charge in [0.1, 0.15) is 0 Å². The fraction of sp³-hybridized carbons (Fsp3) is 0.643. The Kier molecular flexibility index (Phi) is 4.09. The molecule has 0 saturated carbocycles. The van der Waals surface area contributed by atoms with Gasteiger partial charge in [0.05, 0.1) is 6.10 Å². The maximum atomic E-state index is 10.8. The molecule has 0 aromatic heterocycles. The summed E-state index contributed by atoms with van der Waals surface area (Å²) < 4.78 is 0. The lowest BCUT2D eigenvalue weighted by Crippen LogP contribution is -2.33. The fourth-order valence-corrected chi connectivity index (χ4v) is 2.65. The Bertz CT molecular complexity index is 324. The summed E-state index contributed by atoms with van der Waals surface area (Å²) in [7, 11) is 0. The predicted octanol–water partition coefficient (Wildman–Crippen LogP) is 2.88. The number of aliphatic hydroxyl groups is 1. The maximum Gasteiger partial charge on any atom is 0.152 e. The summed E-state index contributed by atoms with van der Waals surface area (Å²) in [6, 6.07) is 0. The molecule has 16 heavy (non-hydrogen) atoms. The molecule has 0 spiro atoms. The second kappa shape index (κ2) is 4.96. The summed E-state index contributed by atoms with van der Waals surface area (Å²) in [4.78, 5) is 10.8. The molecule has 1 aliphatic rings. The Labute approximate surface area is 98.1 Å². The number of hydrogen-bond donors (Lipinski definition) is 1. The zero-order chi connectivity index (χ0) is 12.3. The molecule has 1 aliphatic carbocycles. The molecule has 0 amide bonds. The highest BCUT2D eigenvalue weighted by molar-refractivity contribution is 5.87. The molecule has 1 N–H and O–H groups in total. The van der Waals surface area contributed by atoms with Crippen molar-refractivity contribution in [2.24, 2.45) is 11.3 Å². The SMILES string of the molecule is CC(=O)/C=C/C[C@@H]1C(C)=C[C@@H](O)CC1(C)C. The molecule has 0 aliphatic heterocycles. The average Bonchev–Trinajstić information content (AvgIpc) is 2.07. The number of ketones is 1. The van der Waals surface area contributed by atoms with Gasteiger partial charge in [-0.05, 0) is 44.1 Å². The molecule has 0 aromatic rings. The number of aliphatic hydroxyl groups excluding tert-OH is 1. The van der Waals surface area contributed by atoms with Gasteiger partial charge in [-0.15, -0.1) is 0 Å². The smallest absolute Gasteiger partial charge is 0.152 e. The van der Waals surface area contributed by atoms with Gasteiger partial charge >= 0.3 is 0 Å². The Morgan fingerprint density at radius 1 is 1.62 bits per heavy atom. The molecule has 2 atom stereocenters. The first-order valence-corrected chi connectivity index (χ1v) is 5.86. The molecule has 0 radical (unpaired) electrons. The van der Waals surface area contributed by atoms with Crippen LogP contribution < -0.4 is 0 Å². The number of carbonyl (C=O) groups is 1. The summed E-state index contributed by atoms with van der Waals surface area (Å²) in [6.07, 6.45) is 6.88. The fourth-order valence-electron chi connectivity index (χ4n) is 2.65. The molecule has 90 valence electrons. The molecule has 0 unspecified atom stereocenters. The third-order valence-electron chi connectivity index (χ3n) is 3.41. The summed E-state index contributed by atoms with van der Waals surface area (Å²) in [5.74, 6) is 0.516. The Morgan fingerprint density at radius 3 is 2.75 bits per heavy atom. The standard InChI is InChI=1S/C14H22O2/c1-10-8-12(16)9-14(3,4)13(10)7-5-6-11(2)15/h5-6,8,12-13,16H,7,9H2,1-4H3/b6-5+/t12-,13-/m1/s1. The second-order valence-electron chi connectivity index (χ2n) is 5.47. The Morgan fingerprint density at radius 2 is 2.25 bits per heavy atom. The zero-order valence-electron chi connectivity index (χ0n) is 10.7. The minimum absolute atomic E-state index is 0.0929. The largest absolute Gasteiger partial charge is 0.389 e. The minimum Gasteiger partial charge on any atom is -0.389 e. The number of allylic oxidation sites excluding steroid dienone is 3. The molecular weight excluding hydrogens is 200 g/mol. The predicted molar refractivity (Wildman–Crippen MR) is 66.1 cm³/mol. The van der Waals surface area contributed by atoms with Gasteiger partial charge in [-0.1, -0.05) is 31.6 Å². The average molecular weight is 222 g/mol. The van der Waals surface area contributed by atoms with Crippen LogP contribution in [0.4, 0.5) is 0 Å². The zero-order valence-corrected chi connectivity index (χ0v) is 10.7. The van der Waals surface area contributed by atoms with Crippen molar-refractivity contribution >= 4 is 5.78 Å². The highest BCUT2D eigenvalue weighted by atomic mass is 16.3. The molecule has 0 saturated heterocycles. The van der Waals surface area contributed by atoms with Crippen LogP contribution in [0.1, 0.15) is 40.5 Å². The molecule has 0 heterocycles. The van der Waals surface area contributed by atoms with Gasteiger partial charge in [-0.2, -0.15) is 0 Å². The number of rotatable bonds is 3. The van der Waals surface area contributed by atoms with E-state index in [0.29, 0.717) is 5.92 Å². The van der Waals surface area contributed by atoms with Crippen molar-refractivity contribution in [2.75, 3.05) is 0 Å². The van der Waals surface area contributed by atoms with E-state index in [4.69, 9.17) is 0 Å². The van der Waals surface area contributed by atoms with Crippen molar-refractivity contribution in [3.05, 3.63) is 23.8 Å². The van der Waals surface area contributed by atoms with Crippen LogP contribution in [0.15, 0.2) is 23.8 Å². The molecule has 0 bridgehead atoms. The van der Waals surface area contributed by atoms with Gasteiger partial charge in [0.15, 0.2) is 5.78 Å². The van der Waals surface area contributed by atoms with Crippen molar-refractivity contribution in [1.29, 1.82) is 0 Å². The third kappa shape index (κ3) is 3.31. The first kappa shape index (κ1) is 13.2. The molecule has 2 nitrogen and oxygen atoms in total. The van der Waals surface area contributed by atoms with Gasteiger partial charge in [0.25, 0.3) is 0 Å². The van der Waals surface area contributed by atoms with Crippen LogP contribution in [0.2, 0.25) is 0 Å². The van der Waals surface area contributed by atoms with Crippen LogP contribution in [-0.4, -0.2) is 17.0 Å². The molecule has 0 fully saturated rings. The van der Waals surface area contributed by atoms with Crippen molar-refractivity contribution in [1.82, 2.24) is 0 Å². The van der Waals surface area contributed by atoms with Gasteiger partial charge in [-0.3, -0.25) is 4.79 Å². The van der Waals surface area contributed by atoms with Crippen molar-refractivity contribution in [2.45, 2.75) is 46.6 Å². The minimum atomic E-state index is -0.317. The van der Waals surface area contributed by atoms with Crippen LogP contribution in [0, 0.1) is 11.3 Å². The summed E-state index contributed by atoms with van der Waals surface area (Å²) >= 11 is 0. The Balaban J connectivity index is 2.76. The molecule has 0 aromatic carbocycles. The monoisotopic (exact) mass is 222 g/mol. The van der Waals surface area contributed by atoms with Crippen LogP contribution in [0.25, 0.3) is 0 Å². The quantitative estimate of drug-likeness (QED) is 0.589. The second-order valence-corrected chi connectivity index (χ2v) is 5.47. The van der Waals surface area contributed by atoms with Crippen molar-refractivity contribution < 1.29 is 9.90 Å². The number of carbonyl (C=O) groups excluding carboxylic acids is 1. The van der Waals surface area contributed by atoms with Crippen LogP contribution in [0.5, 0.6) is 0 Å².